The third-order valence-corrected chi connectivity index (χ3v) is 5.28. The van der Waals surface area contributed by atoms with Crippen molar-refractivity contribution in [2.45, 2.75) is 39.7 Å². The van der Waals surface area contributed by atoms with Crippen LogP contribution in [0.5, 0.6) is 0 Å². The molecule has 0 atom stereocenters. The van der Waals surface area contributed by atoms with Crippen molar-refractivity contribution in [3.8, 4) is 0 Å². The molecule has 0 spiro atoms. The lowest BCUT2D eigenvalue weighted by Crippen LogP contribution is -2.45. The number of rotatable bonds is 10. The summed E-state index contributed by atoms with van der Waals surface area (Å²) in [5, 5.41) is 1.75. The second-order valence-electron chi connectivity index (χ2n) is 3.04. The number of hydrogen-bond acceptors (Lipinski definition) is 4. The monoisotopic (exact) mass is 250 g/mol. The van der Waals surface area contributed by atoms with Gasteiger partial charge >= 0.3 is 8.80 Å². The number of hydrogen-bond donors (Lipinski definition) is 0. The summed E-state index contributed by atoms with van der Waals surface area (Å²) in [7, 11) is -2.40. The lowest BCUT2D eigenvalue weighted by molar-refractivity contribution is 0.0710. The Hall–Kier alpha value is 0.187. The molecule has 0 aromatic heterocycles. The van der Waals surface area contributed by atoms with E-state index in [1.165, 1.54) is 0 Å². The number of thiocarbonyl (C=S) groups is 1. The van der Waals surface area contributed by atoms with Gasteiger partial charge in [0.25, 0.3) is 0 Å². The first-order chi connectivity index (χ1) is 7.24. The summed E-state index contributed by atoms with van der Waals surface area (Å²) in [4.78, 5) is 0. The molecule has 0 saturated heterocycles. The lowest BCUT2D eigenvalue weighted by Gasteiger charge is -2.28. The summed E-state index contributed by atoms with van der Waals surface area (Å²) in [5.41, 5.74) is 0. The van der Waals surface area contributed by atoms with E-state index in [4.69, 9.17) is 25.5 Å². The fourth-order valence-electron chi connectivity index (χ4n) is 1.40. The van der Waals surface area contributed by atoms with Gasteiger partial charge in [0.2, 0.25) is 0 Å². The highest BCUT2D eigenvalue weighted by Gasteiger charge is 2.39. The van der Waals surface area contributed by atoms with E-state index in [1.807, 2.05) is 20.8 Å². The van der Waals surface area contributed by atoms with Crippen molar-refractivity contribution in [2.24, 2.45) is 0 Å². The fraction of sp³-hybridized carbons (Fsp3) is 0.900. The molecule has 3 nitrogen and oxygen atoms in total. The van der Waals surface area contributed by atoms with Crippen molar-refractivity contribution < 1.29 is 13.3 Å². The predicted molar refractivity (Wildman–Crippen MR) is 68.3 cm³/mol. The average molecular weight is 250 g/mol. The SMILES string of the molecule is CCO[Si](CCCC=S)(OCC)OCC. The van der Waals surface area contributed by atoms with Crippen LogP contribution in [0.25, 0.3) is 0 Å². The van der Waals surface area contributed by atoms with E-state index in [0.29, 0.717) is 19.8 Å². The van der Waals surface area contributed by atoms with Gasteiger partial charge in [0.15, 0.2) is 0 Å². The van der Waals surface area contributed by atoms with E-state index < -0.39 is 8.80 Å². The van der Waals surface area contributed by atoms with Crippen LogP contribution >= 0.6 is 12.2 Å². The predicted octanol–water partition coefficient (Wildman–Crippen LogP) is 2.81. The van der Waals surface area contributed by atoms with Gasteiger partial charge in [-0.05, 0) is 39.0 Å². The lowest BCUT2D eigenvalue weighted by atomic mass is 10.4. The highest BCUT2D eigenvalue weighted by Crippen LogP contribution is 2.18. The van der Waals surface area contributed by atoms with Crippen LogP contribution in [0.3, 0.4) is 0 Å². The zero-order chi connectivity index (χ0) is 11.6. The number of unbranched alkanes of at least 4 members (excludes halogenated alkanes) is 1. The third-order valence-electron chi connectivity index (χ3n) is 1.90. The molecule has 15 heavy (non-hydrogen) atoms. The smallest absolute Gasteiger partial charge is 0.374 e. The molecule has 0 rings (SSSR count). The molecular formula is C10H22O3SSi. The summed E-state index contributed by atoms with van der Waals surface area (Å²) in [5.74, 6) is 0. The Morgan fingerprint density at radius 3 is 1.80 bits per heavy atom. The van der Waals surface area contributed by atoms with Gasteiger partial charge in [0.1, 0.15) is 0 Å². The van der Waals surface area contributed by atoms with Gasteiger partial charge in [-0.3, -0.25) is 0 Å². The minimum atomic E-state index is -2.40. The molecule has 0 unspecified atom stereocenters. The summed E-state index contributed by atoms with van der Waals surface area (Å²) in [6.45, 7) is 7.84. The minimum absolute atomic E-state index is 0.643. The maximum absolute atomic E-state index is 5.70. The zero-order valence-corrected chi connectivity index (χ0v) is 11.8. The first kappa shape index (κ1) is 15.2. The van der Waals surface area contributed by atoms with Gasteiger partial charge in [-0.25, -0.2) is 0 Å². The summed E-state index contributed by atoms with van der Waals surface area (Å²) in [6, 6.07) is 0.857. The Balaban J connectivity index is 4.24. The highest BCUT2D eigenvalue weighted by molar-refractivity contribution is 7.78. The quantitative estimate of drug-likeness (QED) is 0.338. The molecular weight excluding hydrogens is 228 g/mol. The molecule has 0 amide bonds. The van der Waals surface area contributed by atoms with Gasteiger partial charge < -0.3 is 13.3 Å². The van der Waals surface area contributed by atoms with Crippen molar-refractivity contribution in [3.05, 3.63) is 0 Å². The first-order valence-corrected chi connectivity index (χ1v) is 8.00. The van der Waals surface area contributed by atoms with Gasteiger partial charge in [-0.15, -0.1) is 0 Å². The second-order valence-corrected chi connectivity index (χ2v) is 6.11. The van der Waals surface area contributed by atoms with E-state index >= 15 is 0 Å². The maximum Gasteiger partial charge on any atom is 0.500 e. The molecule has 0 N–H and O–H groups in total. The Labute approximate surface area is 99.5 Å². The van der Waals surface area contributed by atoms with E-state index in [0.717, 1.165) is 18.9 Å². The minimum Gasteiger partial charge on any atom is -0.374 e. The molecule has 5 heteroatoms. The highest BCUT2D eigenvalue weighted by atomic mass is 32.1. The summed E-state index contributed by atoms with van der Waals surface area (Å²) < 4.78 is 17.1. The molecule has 0 bridgehead atoms. The van der Waals surface area contributed by atoms with Crippen LogP contribution in [0.4, 0.5) is 0 Å². The average Bonchev–Trinajstić information content (AvgIpc) is 2.19. The van der Waals surface area contributed by atoms with Gasteiger partial charge in [0, 0.05) is 25.9 Å². The van der Waals surface area contributed by atoms with Crippen molar-refractivity contribution in [1.82, 2.24) is 0 Å². The molecule has 90 valence electrons. The molecule has 0 aliphatic rings. The Morgan fingerprint density at radius 2 is 1.47 bits per heavy atom. The molecule has 0 aliphatic heterocycles. The van der Waals surface area contributed by atoms with Crippen LogP contribution in [-0.2, 0) is 13.3 Å². The van der Waals surface area contributed by atoms with Crippen molar-refractivity contribution in [1.29, 1.82) is 0 Å². The van der Waals surface area contributed by atoms with Gasteiger partial charge in [-0.1, -0.05) is 12.2 Å². The largest absolute Gasteiger partial charge is 0.500 e. The third kappa shape index (κ3) is 6.37. The normalized spacial score (nSPS) is 11.7. The Bertz CT molecular complexity index is 150. The molecule has 0 fully saturated rings. The molecule has 0 heterocycles. The topological polar surface area (TPSA) is 27.7 Å². The molecule has 0 saturated carbocycles. The van der Waals surface area contributed by atoms with Gasteiger partial charge in [0.05, 0.1) is 0 Å². The molecule has 0 aromatic carbocycles. The van der Waals surface area contributed by atoms with E-state index in [-0.39, 0.29) is 0 Å². The van der Waals surface area contributed by atoms with Crippen LogP contribution in [0.1, 0.15) is 33.6 Å². The fourth-order valence-corrected chi connectivity index (χ4v) is 4.21. The Kier molecular flexibility index (Phi) is 9.53. The van der Waals surface area contributed by atoms with Crippen LogP contribution in [0, 0.1) is 0 Å². The van der Waals surface area contributed by atoms with Crippen molar-refractivity contribution in [2.75, 3.05) is 19.8 Å². The van der Waals surface area contributed by atoms with Crippen molar-refractivity contribution in [3.63, 3.8) is 0 Å². The maximum atomic E-state index is 5.70. The summed E-state index contributed by atoms with van der Waals surface area (Å²) >= 11 is 4.80. The van der Waals surface area contributed by atoms with Crippen LogP contribution in [0.15, 0.2) is 0 Å². The molecule has 0 aromatic rings. The molecule has 0 radical (unpaired) electrons. The van der Waals surface area contributed by atoms with Gasteiger partial charge in [-0.2, -0.15) is 0 Å². The zero-order valence-electron chi connectivity index (χ0n) is 9.95. The second kappa shape index (κ2) is 9.42. The van der Waals surface area contributed by atoms with Crippen molar-refractivity contribution >= 4 is 26.4 Å². The van der Waals surface area contributed by atoms with E-state index in [2.05, 4.69) is 0 Å². The van der Waals surface area contributed by atoms with Crippen LogP contribution in [-0.4, -0.2) is 34.0 Å². The van der Waals surface area contributed by atoms with Crippen LogP contribution in [0.2, 0.25) is 6.04 Å². The van der Waals surface area contributed by atoms with E-state index in [1.54, 1.807) is 5.37 Å². The first-order valence-electron chi connectivity index (χ1n) is 5.60. The summed E-state index contributed by atoms with van der Waals surface area (Å²) in [6.07, 6.45) is 1.90. The van der Waals surface area contributed by atoms with Crippen LogP contribution < -0.4 is 0 Å². The Morgan fingerprint density at radius 1 is 1.00 bits per heavy atom. The molecule has 0 aliphatic carbocycles. The standard InChI is InChI=1S/C10H22O3SSi/c1-4-11-15(12-5-2,13-6-3)10-8-7-9-14/h9H,4-8,10H2,1-3H3. The van der Waals surface area contributed by atoms with E-state index in [9.17, 15) is 0 Å².